The Morgan fingerprint density at radius 3 is 2.04 bits per heavy atom. The van der Waals surface area contributed by atoms with Gasteiger partial charge >= 0.3 is 12.4 Å². The van der Waals surface area contributed by atoms with Gasteiger partial charge in [0.1, 0.15) is 5.71 Å². The van der Waals surface area contributed by atoms with E-state index in [0.29, 0.717) is 25.1 Å². The van der Waals surface area contributed by atoms with Crippen LogP contribution in [0, 0.1) is 0 Å². The van der Waals surface area contributed by atoms with Gasteiger partial charge in [0.05, 0.1) is 16.8 Å². The van der Waals surface area contributed by atoms with Crippen molar-refractivity contribution >= 4 is 17.3 Å². The van der Waals surface area contributed by atoms with Crippen molar-refractivity contribution in [3.05, 3.63) is 29.3 Å². The quantitative estimate of drug-likeness (QED) is 0.641. The first-order valence-corrected chi connectivity index (χ1v) is 6.47. The Hall–Kier alpha value is -2.26. The third-order valence-corrected chi connectivity index (χ3v) is 3.05. The Morgan fingerprint density at radius 1 is 1.00 bits per heavy atom. The molecule has 1 amide bonds. The summed E-state index contributed by atoms with van der Waals surface area (Å²) in [7, 11) is 0. The second-order valence-electron chi connectivity index (χ2n) is 4.82. The molecule has 0 radical (unpaired) electrons. The first-order chi connectivity index (χ1) is 10.6. The van der Waals surface area contributed by atoms with E-state index in [9.17, 15) is 31.1 Å². The van der Waals surface area contributed by atoms with Gasteiger partial charge in [0.2, 0.25) is 0 Å². The van der Waals surface area contributed by atoms with Crippen LogP contribution in [0.4, 0.5) is 32.0 Å². The molecule has 1 aliphatic heterocycles. The fourth-order valence-corrected chi connectivity index (χ4v) is 1.93. The summed E-state index contributed by atoms with van der Waals surface area (Å²) in [5, 5.41) is 6.07. The van der Waals surface area contributed by atoms with E-state index < -0.39 is 35.1 Å². The largest absolute Gasteiger partial charge is 0.416 e. The van der Waals surface area contributed by atoms with Crippen LogP contribution in [0.2, 0.25) is 0 Å². The lowest BCUT2D eigenvalue weighted by atomic mass is 10.1. The normalized spacial score (nSPS) is 18.0. The lowest BCUT2D eigenvalue weighted by Crippen LogP contribution is -2.37. The van der Waals surface area contributed by atoms with Gasteiger partial charge in [-0.05, 0) is 31.0 Å². The van der Waals surface area contributed by atoms with Crippen LogP contribution in [-0.2, 0) is 17.1 Å². The highest BCUT2D eigenvalue weighted by Gasteiger charge is 2.37. The average Bonchev–Trinajstić information content (AvgIpc) is 2.44. The number of rotatable bonds is 2. The minimum absolute atomic E-state index is 0.0159. The maximum absolute atomic E-state index is 12.7. The predicted octanol–water partition coefficient (Wildman–Crippen LogP) is 3.40. The number of carbonyl (C=O) groups excluding carboxylic acids is 1. The van der Waals surface area contributed by atoms with Crippen LogP contribution in [0.1, 0.15) is 24.0 Å². The van der Waals surface area contributed by atoms with Crippen molar-refractivity contribution in [2.45, 2.75) is 25.2 Å². The van der Waals surface area contributed by atoms with Gasteiger partial charge < -0.3 is 5.32 Å². The molecule has 10 heteroatoms. The first kappa shape index (κ1) is 17.1. The standard InChI is InChI=1S/C13H11F6N3O/c14-12(15,16)7-4-8(13(17,18)19)6-9(5-7)21-22-10-2-1-3-20-11(10)23/h4-6,21H,1-3H2,(H,20,23)/b22-10+. The molecule has 1 aromatic carbocycles. The summed E-state index contributed by atoms with van der Waals surface area (Å²) in [6.45, 7) is 0.444. The van der Waals surface area contributed by atoms with E-state index in [1.165, 1.54) is 0 Å². The second-order valence-corrected chi connectivity index (χ2v) is 4.82. The zero-order chi connectivity index (χ0) is 17.3. The summed E-state index contributed by atoms with van der Waals surface area (Å²) in [5.41, 5.74) is -1.30. The van der Waals surface area contributed by atoms with Gasteiger partial charge in [0, 0.05) is 6.54 Å². The molecule has 1 saturated heterocycles. The van der Waals surface area contributed by atoms with Crippen LogP contribution in [-0.4, -0.2) is 18.2 Å². The average molecular weight is 339 g/mol. The number of amides is 1. The molecule has 23 heavy (non-hydrogen) atoms. The zero-order valence-corrected chi connectivity index (χ0v) is 11.5. The number of hydrogen-bond donors (Lipinski definition) is 2. The third-order valence-electron chi connectivity index (χ3n) is 3.05. The molecule has 126 valence electrons. The molecule has 1 fully saturated rings. The minimum atomic E-state index is -4.94. The van der Waals surface area contributed by atoms with Gasteiger partial charge in [-0.3, -0.25) is 10.2 Å². The lowest BCUT2D eigenvalue weighted by molar-refractivity contribution is -0.143. The number of halogens is 6. The smallest absolute Gasteiger partial charge is 0.351 e. The van der Waals surface area contributed by atoms with Gasteiger partial charge in [0.15, 0.2) is 0 Å². The number of anilines is 1. The number of carbonyl (C=O) groups is 1. The molecule has 1 aliphatic rings. The Balaban J connectivity index is 2.34. The summed E-state index contributed by atoms with van der Waals surface area (Å²) < 4.78 is 76.2. The maximum atomic E-state index is 12.7. The number of alkyl halides is 6. The molecule has 0 saturated carbocycles. The van der Waals surface area contributed by atoms with Gasteiger partial charge in [-0.25, -0.2) is 0 Å². The van der Waals surface area contributed by atoms with E-state index in [1.54, 1.807) is 0 Å². The van der Waals surface area contributed by atoms with Crippen molar-refractivity contribution in [1.82, 2.24) is 5.32 Å². The highest BCUT2D eigenvalue weighted by atomic mass is 19.4. The molecule has 4 nitrogen and oxygen atoms in total. The molecule has 0 atom stereocenters. The number of hydrazone groups is 1. The molecule has 1 heterocycles. The minimum Gasteiger partial charge on any atom is -0.351 e. The Morgan fingerprint density at radius 2 is 1.57 bits per heavy atom. The van der Waals surface area contributed by atoms with Gasteiger partial charge in [0.25, 0.3) is 5.91 Å². The van der Waals surface area contributed by atoms with E-state index in [0.717, 1.165) is 0 Å². The topological polar surface area (TPSA) is 53.5 Å². The zero-order valence-electron chi connectivity index (χ0n) is 11.5. The number of piperidine rings is 1. The summed E-state index contributed by atoms with van der Waals surface area (Å²) in [6.07, 6.45) is -9.01. The number of nitrogens with zero attached hydrogens (tertiary/aromatic N) is 1. The van der Waals surface area contributed by atoms with Crippen molar-refractivity contribution in [3.8, 4) is 0 Å². The molecule has 0 bridgehead atoms. The summed E-state index contributed by atoms with van der Waals surface area (Å²) >= 11 is 0. The van der Waals surface area contributed by atoms with Crippen LogP contribution in [0.3, 0.4) is 0 Å². The van der Waals surface area contributed by atoms with Crippen molar-refractivity contribution in [3.63, 3.8) is 0 Å². The van der Waals surface area contributed by atoms with Gasteiger partial charge in [-0.15, -0.1) is 0 Å². The molecular formula is C13H11F6N3O. The molecule has 2 N–H and O–H groups in total. The second kappa shape index (κ2) is 6.09. The monoisotopic (exact) mass is 339 g/mol. The Labute approximate surface area is 126 Å². The summed E-state index contributed by atoms with van der Waals surface area (Å²) in [5.74, 6) is -0.508. The molecule has 0 spiro atoms. The van der Waals surface area contributed by atoms with Gasteiger partial charge in [-0.1, -0.05) is 0 Å². The lowest BCUT2D eigenvalue weighted by Gasteiger charge is -2.15. The predicted molar refractivity (Wildman–Crippen MR) is 69.7 cm³/mol. The fourth-order valence-electron chi connectivity index (χ4n) is 1.93. The number of benzene rings is 1. The van der Waals surface area contributed by atoms with Gasteiger partial charge in [-0.2, -0.15) is 31.4 Å². The van der Waals surface area contributed by atoms with Crippen LogP contribution >= 0.6 is 0 Å². The fraction of sp³-hybridized carbons (Fsp3) is 0.385. The summed E-state index contributed by atoms with van der Waals surface area (Å²) in [4.78, 5) is 11.4. The molecule has 1 aromatic rings. The highest BCUT2D eigenvalue weighted by molar-refractivity contribution is 6.39. The molecule has 0 unspecified atom stereocenters. The Kier molecular flexibility index (Phi) is 4.53. The Bertz CT molecular complexity index is 603. The van der Waals surface area contributed by atoms with E-state index in [2.05, 4.69) is 15.8 Å². The highest BCUT2D eigenvalue weighted by Crippen LogP contribution is 2.37. The molecule has 0 aromatic heterocycles. The third kappa shape index (κ3) is 4.36. The molecule has 2 rings (SSSR count). The van der Waals surface area contributed by atoms with E-state index >= 15 is 0 Å². The SMILES string of the molecule is O=C1NCCC/C1=N\Nc1cc(C(F)(F)F)cc(C(F)(F)F)c1. The number of hydrogen-bond acceptors (Lipinski definition) is 3. The molecule has 0 aliphatic carbocycles. The maximum Gasteiger partial charge on any atom is 0.416 e. The van der Waals surface area contributed by atoms with Crippen LogP contribution in [0.5, 0.6) is 0 Å². The van der Waals surface area contributed by atoms with E-state index in [1.807, 2.05) is 0 Å². The van der Waals surface area contributed by atoms with Crippen LogP contribution in [0.15, 0.2) is 23.3 Å². The van der Waals surface area contributed by atoms with E-state index in [4.69, 9.17) is 0 Å². The van der Waals surface area contributed by atoms with E-state index in [-0.39, 0.29) is 18.2 Å². The van der Waals surface area contributed by atoms with Crippen molar-refractivity contribution < 1.29 is 31.1 Å². The van der Waals surface area contributed by atoms with Crippen LogP contribution < -0.4 is 10.7 Å². The van der Waals surface area contributed by atoms with Crippen molar-refractivity contribution in [2.24, 2.45) is 5.10 Å². The summed E-state index contributed by atoms with van der Waals surface area (Å²) in [6, 6.07) is 1.02. The first-order valence-electron chi connectivity index (χ1n) is 6.47. The van der Waals surface area contributed by atoms with Crippen molar-refractivity contribution in [2.75, 3.05) is 12.0 Å². The van der Waals surface area contributed by atoms with Crippen LogP contribution in [0.25, 0.3) is 0 Å². The molecular weight excluding hydrogens is 328 g/mol. The number of nitrogens with one attached hydrogen (secondary N) is 2. The van der Waals surface area contributed by atoms with Crippen molar-refractivity contribution in [1.29, 1.82) is 0 Å².